The summed E-state index contributed by atoms with van der Waals surface area (Å²) in [6.07, 6.45) is -0.123. The standard InChI is InChI=1S/C13H16F2N2O2/c1-8-4-10(12(15)5-11(8)14)13(18)17-7-9-6-16-2-3-19-9/h4-5,9,16H,2-3,6-7H2,1H3,(H,17,18). The van der Waals surface area contributed by atoms with Gasteiger partial charge < -0.3 is 15.4 Å². The Morgan fingerprint density at radius 2 is 2.26 bits per heavy atom. The van der Waals surface area contributed by atoms with Crippen molar-refractivity contribution in [1.29, 1.82) is 0 Å². The highest BCUT2D eigenvalue weighted by Crippen LogP contribution is 2.14. The molecule has 1 saturated heterocycles. The van der Waals surface area contributed by atoms with Gasteiger partial charge in [0.2, 0.25) is 0 Å². The minimum Gasteiger partial charge on any atom is -0.374 e. The van der Waals surface area contributed by atoms with Crippen LogP contribution in [0.15, 0.2) is 12.1 Å². The Morgan fingerprint density at radius 3 is 2.95 bits per heavy atom. The molecule has 0 radical (unpaired) electrons. The van der Waals surface area contributed by atoms with Crippen molar-refractivity contribution in [3.63, 3.8) is 0 Å². The van der Waals surface area contributed by atoms with Gasteiger partial charge in [-0.2, -0.15) is 0 Å². The lowest BCUT2D eigenvalue weighted by atomic mass is 10.1. The summed E-state index contributed by atoms with van der Waals surface area (Å²) >= 11 is 0. The van der Waals surface area contributed by atoms with E-state index in [1.165, 1.54) is 13.0 Å². The minimum atomic E-state index is -0.858. The molecule has 6 heteroatoms. The fourth-order valence-electron chi connectivity index (χ4n) is 1.88. The zero-order chi connectivity index (χ0) is 13.8. The predicted molar refractivity (Wildman–Crippen MR) is 66.0 cm³/mol. The second-order valence-corrected chi connectivity index (χ2v) is 4.49. The topological polar surface area (TPSA) is 50.4 Å². The average molecular weight is 270 g/mol. The van der Waals surface area contributed by atoms with E-state index in [4.69, 9.17) is 4.74 Å². The maximum Gasteiger partial charge on any atom is 0.254 e. The molecule has 0 aliphatic carbocycles. The molecule has 2 N–H and O–H groups in total. The molecule has 1 atom stereocenters. The first kappa shape index (κ1) is 13.9. The summed E-state index contributed by atoms with van der Waals surface area (Å²) in [7, 11) is 0. The van der Waals surface area contributed by atoms with Gasteiger partial charge >= 0.3 is 0 Å². The van der Waals surface area contributed by atoms with Gasteiger partial charge in [-0.05, 0) is 18.6 Å². The van der Waals surface area contributed by atoms with Crippen molar-refractivity contribution in [2.75, 3.05) is 26.2 Å². The van der Waals surface area contributed by atoms with Crippen LogP contribution in [0.3, 0.4) is 0 Å². The van der Waals surface area contributed by atoms with Gasteiger partial charge in [-0.3, -0.25) is 4.79 Å². The van der Waals surface area contributed by atoms with Crippen LogP contribution in [0.4, 0.5) is 8.78 Å². The Morgan fingerprint density at radius 1 is 1.47 bits per heavy atom. The Hall–Kier alpha value is -1.53. The second-order valence-electron chi connectivity index (χ2n) is 4.49. The molecule has 1 amide bonds. The SMILES string of the molecule is Cc1cc(C(=O)NCC2CNCCO2)c(F)cc1F. The number of morpholine rings is 1. The van der Waals surface area contributed by atoms with Crippen LogP contribution >= 0.6 is 0 Å². The van der Waals surface area contributed by atoms with Crippen molar-refractivity contribution in [3.05, 3.63) is 34.9 Å². The minimum absolute atomic E-state index is 0.123. The van der Waals surface area contributed by atoms with Crippen LogP contribution in [0.1, 0.15) is 15.9 Å². The Kier molecular flexibility index (Phi) is 4.44. The molecule has 1 fully saturated rings. The fourth-order valence-corrected chi connectivity index (χ4v) is 1.88. The lowest BCUT2D eigenvalue weighted by Crippen LogP contribution is -2.45. The van der Waals surface area contributed by atoms with Gasteiger partial charge in [0.05, 0.1) is 18.3 Å². The number of nitrogens with one attached hydrogen (secondary N) is 2. The molecule has 0 bridgehead atoms. The third-order valence-corrected chi connectivity index (χ3v) is 2.99. The predicted octanol–water partition coefficient (Wildman–Crippen LogP) is 0.991. The lowest BCUT2D eigenvalue weighted by molar-refractivity contribution is 0.0287. The molecule has 0 spiro atoms. The molecule has 1 aromatic rings. The maximum absolute atomic E-state index is 13.5. The number of aryl methyl sites for hydroxylation is 1. The van der Waals surface area contributed by atoms with Crippen LogP contribution in [0, 0.1) is 18.6 Å². The van der Waals surface area contributed by atoms with E-state index in [-0.39, 0.29) is 17.2 Å². The molecule has 0 saturated carbocycles. The van der Waals surface area contributed by atoms with Gasteiger partial charge in [-0.25, -0.2) is 8.78 Å². The van der Waals surface area contributed by atoms with Crippen LogP contribution in [0.2, 0.25) is 0 Å². The highest BCUT2D eigenvalue weighted by molar-refractivity contribution is 5.94. The smallest absolute Gasteiger partial charge is 0.254 e. The fraction of sp³-hybridized carbons (Fsp3) is 0.462. The lowest BCUT2D eigenvalue weighted by Gasteiger charge is -2.23. The molecule has 1 unspecified atom stereocenters. The number of hydrogen-bond acceptors (Lipinski definition) is 3. The number of carbonyl (C=O) groups excluding carboxylic acids is 1. The summed E-state index contributed by atoms with van der Waals surface area (Å²) in [6.45, 7) is 3.80. The maximum atomic E-state index is 13.5. The van der Waals surface area contributed by atoms with Crippen LogP contribution in [-0.2, 0) is 4.74 Å². The normalized spacial score (nSPS) is 19.2. The summed E-state index contributed by atoms with van der Waals surface area (Å²) in [5, 5.41) is 5.72. The molecule has 1 aliphatic heterocycles. The highest BCUT2D eigenvalue weighted by atomic mass is 19.1. The number of hydrogen-bond donors (Lipinski definition) is 2. The molecular weight excluding hydrogens is 254 g/mol. The average Bonchev–Trinajstić information content (AvgIpc) is 2.41. The first-order valence-corrected chi connectivity index (χ1v) is 6.14. The second kappa shape index (κ2) is 6.08. The number of ether oxygens (including phenoxy) is 1. The van der Waals surface area contributed by atoms with Gasteiger partial charge in [0.15, 0.2) is 0 Å². The number of halogens is 2. The molecular formula is C13H16F2N2O2. The van der Waals surface area contributed by atoms with Crippen molar-refractivity contribution in [2.24, 2.45) is 0 Å². The first-order valence-electron chi connectivity index (χ1n) is 6.14. The van der Waals surface area contributed by atoms with Crippen molar-refractivity contribution < 1.29 is 18.3 Å². The van der Waals surface area contributed by atoms with Gasteiger partial charge in [0.1, 0.15) is 11.6 Å². The van der Waals surface area contributed by atoms with Gasteiger partial charge in [-0.15, -0.1) is 0 Å². The van der Waals surface area contributed by atoms with E-state index in [1.54, 1.807) is 0 Å². The number of amides is 1. The van der Waals surface area contributed by atoms with E-state index in [2.05, 4.69) is 10.6 Å². The Balaban J connectivity index is 1.97. The molecule has 4 nitrogen and oxygen atoms in total. The van der Waals surface area contributed by atoms with Gasteiger partial charge in [-0.1, -0.05) is 0 Å². The summed E-state index contributed by atoms with van der Waals surface area (Å²) in [4.78, 5) is 11.8. The van der Waals surface area contributed by atoms with E-state index in [0.29, 0.717) is 19.7 Å². The van der Waals surface area contributed by atoms with E-state index in [9.17, 15) is 13.6 Å². The number of benzene rings is 1. The van der Waals surface area contributed by atoms with Crippen molar-refractivity contribution in [1.82, 2.24) is 10.6 Å². The third-order valence-electron chi connectivity index (χ3n) is 2.99. The number of carbonyl (C=O) groups is 1. The molecule has 1 aromatic carbocycles. The molecule has 1 heterocycles. The van der Waals surface area contributed by atoms with Gasteiger partial charge in [0, 0.05) is 25.7 Å². The largest absolute Gasteiger partial charge is 0.374 e. The molecule has 19 heavy (non-hydrogen) atoms. The van der Waals surface area contributed by atoms with Crippen LogP contribution in [0.5, 0.6) is 0 Å². The molecule has 104 valence electrons. The van der Waals surface area contributed by atoms with E-state index in [0.717, 1.165) is 12.6 Å². The van der Waals surface area contributed by atoms with Crippen LogP contribution in [-0.4, -0.2) is 38.3 Å². The zero-order valence-corrected chi connectivity index (χ0v) is 10.6. The zero-order valence-electron chi connectivity index (χ0n) is 10.6. The Labute approximate surface area is 110 Å². The summed E-state index contributed by atoms with van der Waals surface area (Å²) in [5.74, 6) is -2.08. The van der Waals surface area contributed by atoms with Crippen LogP contribution < -0.4 is 10.6 Å². The monoisotopic (exact) mass is 270 g/mol. The first-order chi connectivity index (χ1) is 9.08. The highest BCUT2D eigenvalue weighted by Gasteiger charge is 2.18. The van der Waals surface area contributed by atoms with Crippen molar-refractivity contribution >= 4 is 5.91 Å². The number of rotatable bonds is 3. The molecule has 0 aromatic heterocycles. The van der Waals surface area contributed by atoms with E-state index >= 15 is 0 Å². The third kappa shape index (κ3) is 3.48. The van der Waals surface area contributed by atoms with Gasteiger partial charge in [0.25, 0.3) is 5.91 Å². The summed E-state index contributed by atoms with van der Waals surface area (Å²) < 4.78 is 32.0. The van der Waals surface area contributed by atoms with E-state index in [1.807, 2.05) is 0 Å². The summed E-state index contributed by atoms with van der Waals surface area (Å²) in [6, 6.07) is 1.93. The van der Waals surface area contributed by atoms with E-state index < -0.39 is 17.5 Å². The molecule has 2 rings (SSSR count). The Bertz CT molecular complexity index is 474. The summed E-state index contributed by atoms with van der Waals surface area (Å²) in [5.41, 5.74) is 0.0878. The quantitative estimate of drug-likeness (QED) is 0.861. The van der Waals surface area contributed by atoms with Crippen molar-refractivity contribution in [2.45, 2.75) is 13.0 Å². The molecule has 1 aliphatic rings. The van der Waals surface area contributed by atoms with Crippen LogP contribution in [0.25, 0.3) is 0 Å². The van der Waals surface area contributed by atoms with Crippen molar-refractivity contribution in [3.8, 4) is 0 Å².